The van der Waals surface area contributed by atoms with E-state index in [1.165, 1.54) is 0 Å². The molecular formula is C13H17BrN4S. The van der Waals surface area contributed by atoms with Gasteiger partial charge in [-0.2, -0.15) is 0 Å². The van der Waals surface area contributed by atoms with Crippen molar-refractivity contribution in [1.82, 2.24) is 15.0 Å². The first-order valence-electron chi connectivity index (χ1n) is 6.28. The van der Waals surface area contributed by atoms with Gasteiger partial charge in [-0.25, -0.2) is 15.0 Å². The summed E-state index contributed by atoms with van der Waals surface area (Å²) in [5.41, 5.74) is 2.12. The average molecular weight is 341 g/mol. The van der Waals surface area contributed by atoms with Crippen molar-refractivity contribution >= 4 is 33.1 Å². The summed E-state index contributed by atoms with van der Waals surface area (Å²) >= 11 is 5.22. The predicted octanol–water partition coefficient (Wildman–Crippen LogP) is 3.59. The zero-order valence-electron chi connectivity index (χ0n) is 11.3. The number of aryl methyl sites for hydroxylation is 2. The van der Waals surface area contributed by atoms with E-state index in [0.29, 0.717) is 6.42 Å². The van der Waals surface area contributed by atoms with E-state index in [4.69, 9.17) is 0 Å². The van der Waals surface area contributed by atoms with E-state index >= 15 is 0 Å². The molecule has 6 heteroatoms. The van der Waals surface area contributed by atoms with Crippen LogP contribution in [0, 0.1) is 6.92 Å². The number of nitrogens with zero attached hydrogens (tertiary/aromatic N) is 3. The first kappa shape index (κ1) is 14.4. The van der Waals surface area contributed by atoms with Gasteiger partial charge in [-0.1, -0.05) is 13.3 Å². The Bertz CT molecular complexity index is 568. The highest BCUT2D eigenvalue weighted by atomic mass is 79.9. The molecule has 0 fully saturated rings. The third-order valence-corrected chi connectivity index (χ3v) is 4.47. The third kappa shape index (κ3) is 3.51. The van der Waals surface area contributed by atoms with Gasteiger partial charge in [0.05, 0.1) is 16.6 Å². The Morgan fingerprint density at radius 2 is 2.11 bits per heavy atom. The fourth-order valence-corrected chi connectivity index (χ4v) is 3.15. The normalized spacial score (nSPS) is 10.7. The van der Waals surface area contributed by atoms with Gasteiger partial charge in [-0.05, 0) is 29.3 Å². The Morgan fingerprint density at radius 1 is 1.32 bits per heavy atom. The van der Waals surface area contributed by atoms with Crippen LogP contribution in [0.5, 0.6) is 0 Å². The van der Waals surface area contributed by atoms with Crippen LogP contribution in [0.4, 0.5) is 5.82 Å². The largest absolute Gasteiger partial charge is 0.372 e. The van der Waals surface area contributed by atoms with Crippen LogP contribution in [-0.2, 0) is 12.8 Å². The summed E-state index contributed by atoms with van der Waals surface area (Å²) in [4.78, 5) is 13.6. The van der Waals surface area contributed by atoms with Crippen molar-refractivity contribution in [3.8, 4) is 0 Å². The number of nitrogens with one attached hydrogen (secondary N) is 1. The predicted molar refractivity (Wildman–Crippen MR) is 82.9 cm³/mol. The number of rotatable bonds is 5. The lowest BCUT2D eigenvalue weighted by molar-refractivity contribution is 0.833. The van der Waals surface area contributed by atoms with Gasteiger partial charge in [-0.3, -0.25) is 0 Å². The van der Waals surface area contributed by atoms with Crippen LogP contribution in [0.1, 0.15) is 35.6 Å². The minimum absolute atomic E-state index is 0.692. The maximum atomic E-state index is 4.64. The second kappa shape index (κ2) is 6.43. The molecule has 2 heterocycles. The smallest absolute Gasteiger partial charge is 0.144 e. The molecule has 0 bridgehead atoms. The lowest BCUT2D eigenvalue weighted by Gasteiger charge is -2.10. The molecule has 19 heavy (non-hydrogen) atoms. The number of anilines is 1. The van der Waals surface area contributed by atoms with Crippen LogP contribution in [-0.4, -0.2) is 22.0 Å². The molecule has 0 saturated heterocycles. The van der Waals surface area contributed by atoms with Gasteiger partial charge in [0, 0.05) is 18.1 Å². The van der Waals surface area contributed by atoms with Crippen LogP contribution in [0.15, 0.2) is 9.85 Å². The van der Waals surface area contributed by atoms with Crippen molar-refractivity contribution in [1.29, 1.82) is 0 Å². The van der Waals surface area contributed by atoms with Gasteiger partial charge in [0.1, 0.15) is 16.6 Å². The first-order chi connectivity index (χ1) is 9.13. The number of aromatic nitrogens is 3. The average Bonchev–Trinajstić information content (AvgIpc) is 2.79. The summed E-state index contributed by atoms with van der Waals surface area (Å²) in [5.74, 6) is 1.67. The number of thiazole rings is 1. The summed E-state index contributed by atoms with van der Waals surface area (Å²) in [5, 5.41) is 6.23. The maximum Gasteiger partial charge on any atom is 0.144 e. The van der Waals surface area contributed by atoms with E-state index in [0.717, 1.165) is 45.4 Å². The molecule has 0 unspecified atom stereocenters. The van der Waals surface area contributed by atoms with Crippen molar-refractivity contribution in [2.45, 2.75) is 33.1 Å². The molecule has 102 valence electrons. The van der Waals surface area contributed by atoms with Gasteiger partial charge in [-0.15, -0.1) is 11.3 Å². The second-order valence-electron chi connectivity index (χ2n) is 4.31. The molecule has 2 aromatic rings. The Morgan fingerprint density at radius 3 is 2.68 bits per heavy atom. The topological polar surface area (TPSA) is 50.7 Å². The SMILES string of the molecule is CCCc1nc(Cc2nc(C)cs2)nc(NC)c1Br. The van der Waals surface area contributed by atoms with Crippen LogP contribution in [0.2, 0.25) is 0 Å². The summed E-state index contributed by atoms with van der Waals surface area (Å²) in [6.45, 7) is 4.15. The van der Waals surface area contributed by atoms with Crippen molar-refractivity contribution in [2.24, 2.45) is 0 Å². The maximum absolute atomic E-state index is 4.64. The first-order valence-corrected chi connectivity index (χ1v) is 7.95. The highest BCUT2D eigenvalue weighted by Crippen LogP contribution is 2.25. The van der Waals surface area contributed by atoms with E-state index < -0.39 is 0 Å². The number of hydrogen-bond acceptors (Lipinski definition) is 5. The highest BCUT2D eigenvalue weighted by Gasteiger charge is 2.12. The fraction of sp³-hybridized carbons (Fsp3) is 0.462. The second-order valence-corrected chi connectivity index (χ2v) is 6.04. The van der Waals surface area contributed by atoms with Gasteiger partial charge in [0.15, 0.2) is 0 Å². The Balaban J connectivity index is 2.31. The van der Waals surface area contributed by atoms with E-state index in [-0.39, 0.29) is 0 Å². The molecule has 2 aromatic heterocycles. The molecule has 0 amide bonds. The third-order valence-electron chi connectivity index (χ3n) is 2.67. The van der Waals surface area contributed by atoms with Gasteiger partial charge < -0.3 is 5.32 Å². The molecule has 0 saturated carbocycles. The number of hydrogen-bond donors (Lipinski definition) is 1. The Labute approximate surface area is 125 Å². The molecule has 0 atom stereocenters. The highest BCUT2D eigenvalue weighted by molar-refractivity contribution is 9.10. The van der Waals surface area contributed by atoms with Crippen molar-refractivity contribution in [2.75, 3.05) is 12.4 Å². The molecule has 0 aromatic carbocycles. The minimum atomic E-state index is 0.692. The standard InChI is InChI=1S/C13H17BrN4S/c1-4-5-9-12(14)13(15-3)18-10(17-9)6-11-16-8(2)7-19-11/h7H,4-6H2,1-3H3,(H,15,17,18). The summed E-state index contributed by atoms with van der Waals surface area (Å²) in [6, 6.07) is 0. The summed E-state index contributed by atoms with van der Waals surface area (Å²) < 4.78 is 0.968. The fourth-order valence-electron chi connectivity index (χ4n) is 1.81. The van der Waals surface area contributed by atoms with Crippen molar-refractivity contribution < 1.29 is 0 Å². The van der Waals surface area contributed by atoms with E-state index in [1.807, 2.05) is 14.0 Å². The van der Waals surface area contributed by atoms with Gasteiger partial charge in [0.25, 0.3) is 0 Å². The Kier molecular flexibility index (Phi) is 4.87. The van der Waals surface area contributed by atoms with E-state index in [1.54, 1.807) is 11.3 Å². The molecular weight excluding hydrogens is 324 g/mol. The lowest BCUT2D eigenvalue weighted by atomic mass is 10.2. The summed E-state index contributed by atoms with van der Waals surface area (Å²) in [6.07, 6.45) is 2.70. The molecule has 0 radical (unpaired) electrons. The van der Waals surface area contributed by atoms with Crippen molar-refractivity contribution in [3.63, 3.8) is 0 Å². The van der Waals surface area contributed by atoms with Gasteiger partial charge >= 0.3 is 0 Å². The zero-order valence-corrected chi connectivity index (χ0v) is 13.7. The van der Waals surface area contributed by atoms with Crippen LogP contribution < -0.4 is 5.32 Å². The van der Waals surface area contributed by atoms with Crippen molar-refractivity contribution in [3.05, 3.63) is 32.1 Å². The molecule has 0 aliphatic heterocycles. The van der Waals surface area contributed by atoms with E-state index in [9.17, 15) is 0 Å². The lowest BCUT2D eigenvalue weighted by Crippen LogP contribution is -2.06. The molecule has 1 N–H and O–H groups in total. The molecule has 2 rings (SSSR count). The zero-order chi connectivity index (χ0) is 13.8. The molecule has 0 spiro atoms. The quantitative estimate of drug-likeness (QED) is 0.903. The minimum Gasteiger partial charge on any atom is -0.372 e. The molecule has 0 aliphatic rings. The molecule has 0 aliphatic carbocycles. The molecule has 4 nitrogen and oxygen atoms in total. The Hall–Kier alpha value is -1.01. The number of halogens is 1. The van der Waals surface area contributed by atoms with Crippen LogP contribution in [0.3, 0.4) is 0 Å². The van der Waals surface area contributed by atoms with Gasteiger partial charge in [0.2, 0.25) is 0 Å². The van der Waals surface area contributed by atoms with E-state index in [2.05, 4.69) is 48.5 Å². The van der Waals surface area contributed by atoms with Crippen LogP contribution >= 0.6 is 27.3 Å². The monoisotopic (exact) mass is 340 g/mol. The van der Waals surface area contributed by atoms with Crippen LogP contribution in [0.25, 0.3) is 0 Å². The summed E-state index contributed by atoms with van der Waals surface area (Å²) in [7, 11) is 1.88.